The number of carbonyl (C=O) groups excluding carboxylic acids is 1. The molecule has 0 aliphatic rings. The van der Waals surface area contributed by atoms with Gasteiger partial charge in [-0.25, -0.2) is 4.79 Å². The molecule has 0 spiro atoms. The Morgan fingerprint density at radius 1 is 0.970 bits per heavy atom. The molecule has 2 heterocycles. The van der Waals surface area contributed by atoms with Crippen LogP contribution in [-0.4, -0.2) is 24.8 Å². The summed E-state index contributed by atoms with van der Waals surface area (Å²) in [4.78, 5) is 39.8. The van der Waals surface area contributed by atoms with E-state index in [-0.39, 0.29) is 19.0 Å². The van der Waals surface area contributed by atoms with Crippen LogP contribution in [0.1, 0.15) is 29.3 Å². The van der Waals surface area contributed by atoms with Crippen LogP contribution in [0.3, 0.4) is 0 Å². The molecule has 33 heavy (non-hydrogen) atoms. The van der Waals surface area contributed by atoms with Gasteiger partial charge in [-0.2, -0.15) is 5.10 Å². The smallest absolute Gasteiger partial charge is 0.324 e. The normalized spacial score (nSPS) is 11.2. The molecule has 0 aliphatic heterocycles. The van der Waals surface area contributed by atoms with E-state index in [9.17, 15) is 14.4 Å². The number of fused-ring (bicyclic) bond motifs is 1. The van der Waals surface area contributed by atoms with Crippen LogP contribution in [0.2, 0.25) is 0 Å². The molecular formula is C25H27N5O3. The summed E-state index contributed by atoms with van der Waals surface area (Å²) in [5, 5.41) is 7.35. The molecular weight excluding hydrogens is 418 g/mol. The molecule has 0 saturated carbocycles. The van der Waals surface area contributed by atoms with Crippen LogP contribution in [0, 0.1) is 20.8 Å². The Kier molecular flexibility index (Phi) is 6.00. The fourth-order valence-electron chi connectivity index (χ4n) is 4.05. The van der Waals surface area contributed by atoms with Crippen molar-refractivity contribution in [1.29, 1.82) is 0 Å². The molecule has 4 rings (SSSR count). The highest BCUT2D eigenvalue weighted by Crippen LogP contribution is 2.17. The number of rotatable bonds is 6. The number of amides is 1. The molecule has 0 unspecified atom stereocenters. The molecule has 2 aromatic heterocycles. The van der Waals surface area contributed by atoms with Crippen LogP contribution in [0.5, 0.6) is 0 Å². The van der Waals surface area contributed by atoms with Crippen LogP contribution in [0.25, 0.3) is 11.0 Å². The van der Waals surface area contributed by atoms with E-state index in [4.69, 9.17) is 0 Å². The molecule has 1 amide bonds. The molecule has 8 heteroatoms. The minimum absolute atomic E-state index is 0.112. The van der Waals surface area contributed by atoms with E-state index in [2.05, 4.69) is 10.4 Å². The van der Waals surface area contributed by atoms with E-state index in [0.717, 1.165) is 16.7 Å². The lowest BCUT2D eigenvalue weighted by atomic mass is 10.1. The van der Waals surface area contributed by atoms with Gasteiger partial charge in [-0.3, -0.25) is 23.4 Å². The van der Waals surface area contributed by atoms with Crippen molar-refractivity contribution in [1.82, 2.24) is 18.9 Å². The van der Waals surface area contributed by atoms with Crippen molar-refractivity contribution < 1.29 is 4.79 Å². The second-order valence-electron chi connectivity index (χ2n) is 8.21. The van der Waals surface area contributed by atoms with Gasteiger partial charge < -0.3 is 5.32 Å². The molecule has 0 saturated heterocycles. The van der Waals surface area contributed by atoms with E-state index in [0.29, 0.717) is 29.0 Å². The van der Waals surface area contributed by atoms with Gasteiger partial charge in [0.25, 0.3) is 5.56 Å². The van der Waals surface area contributed by atoms with Crippen molar-refractivity contribution in [2.24, 2.45) is 0 Å². The number of hydrogen-bond acceptors (Lipinski definition) is 4. The van der Waals surface area contributed by atoms with Crippen molar-refractivity contribution >= 4 is 22.6 Å². The molecule has 1 N–H and O–H groups in total. The topological polar surface area (TPSA) is 90.9 Å². The number of nitrogens with one attached hydrogen (secondary N) is 1. The van der Waals surface area contributed by atoms with Crippen molar-refractivity contribution in [2.75, 3.05) is 5.32 Å². The van der Waals surface area contributed by atoms with E-state index in [1.54, 1.807) is 11.6 Å². The summed E-state index contributed by atoms with van der Waals surface area (Å²) >= 11 is 0. The number of nitrogens with zero attached hydrogens (tertiary/aromatic N) is 4. The first-order valence-electron chi connectivity index (χ1n) is 10.9. The van der Waals surface area contributed by atoms with Gasteiger partial charge in [0.05, 0.1) is 12.2 Å². The van der Waals surface area contributed by atoms with Gasteiger partial charge >= 0.3 is 5.69 Å². The van der Waals surface area contributed by atoms with E-state index >= 15 is 0 Å². The number of benzene rings is 2. The van der Waals surface area contributed by atoms with Gasteiger partial charge in [0.1, 0.15) is 12.1 Å². The van der Waals surface area contributed by atoms with Crippen LogP contribution in [0.4, 0.5) is 5.69 Å². The van der Waals surface area contributed by atoms with E-state index < -0.39 is 11.2 Å². The maximum Gasteiger partial charge on any atom is 0.332 e. The van der Waals surface area contributed by atoms with Crippen LogP contribution in [-0.2, 0) is 24.4 Å². The van der Waals surface area contributed by atoms with Crippen LogP contribution >= 0.6 is 0 Å². The maximum absolute atomic E-state index is 13.5. The Hall–Kier alpha value is -3.94. The predicted octanol–water partition coefficient (Wildman–Crippen LogP) is 2.99. The SMILES string of the molecule is CCn1nc(C)c2c1c(=O)n(Cc1ccccc1)c(=O)n2CC(=O)Nc1cc(C)ccc1C. The lowest BCUT2D eigenvalue weighted by molar-refractivity contribution is -0.116. The lowest BCUT2D eigenvalue weighted by Crippen LogP contribution is -2.42. The minimum atomic E-state index is -0.536. The van der Waals surface area contributed by atoms with Crippen LogP contribution < -0.4 is 16.6 Å². The average Bonchev–Trinajstić information content (AvgIpc) is 3.13. The third-order valence-corrected chi connectivity index (χ3v) is 5.73. The van der Waals surface area contributed by atoms with Crippen molar-refractivity contribution in [3.63, 3.8) is 0 Å². The Morgan fingerprint density at radius 2 is 1.70 bits per heavy atom. The highest BCUT2D eigenvalue weighted by atomic mass is 16.2. The van der Waals surface area contributed by atoms with Gasteiger partial charge in [-0.1, -0.05) is 42.5 Å². The molecule has 4 aromatic rings. The first-order chi connectivity index (χ1) is 15.8. The fourth-order valence-corrected chi connectivity index (χ4v) is 4.05. The first kappa shape index (κ1) is 22.3. The zero-order valence-corrected chi connectivity index (χ0v) is 19.3. The van der Waals surface area contributed by atoms with E-state index in [1.807, 2.05) is 69.3 Å². The van der Waals surface area contributed by atoms with Gasteiger partial charge in [0.2, 0.25) is 5.91 Å². The quantitative estimate of drug-likeness (QED) is 0.494. The summed E-state index contributed by atoms with van der Waals surface area (Å²) in [6.45, 7) is 7.84. The maximum atomic E-state index is 13.5. The highest BCUT2D eigenvalue weighted by molar-refractivity contribution is 5.92. The number of hydrogen-bond donors (Lipinski definition) is 1. The van der Waals surface area contributed by atoms with Gasteiger partial charge in [-0.15, -0.1) is 0 Å². The average molecular weight is 446 g/mol. The molecule has 0 atom stereocenters. The molecule has 0 aliphatic carbocycles. The summed E-state index contributed by atoms with van der Waals surface area (Å²) in [7, 11) is 0. The Bertz CT molecular complexity index is 1460. The number of aryl methyl sites for hydroxylation is 4. The van der Waals surface area contributed by atoms with Crippen LogP contribution in [0.15, 0.2) is 58.1 Å². The summed E-state index contributed by atoms with van der Waals surface area (Å²) in [5.41, 5.74) is 3.77. The summed E-state index contributed by atoms with van der Waals surface area (Å²) in [6, 6.07) is 15.1. The van der Waals surface area contributed by atoms with Crippen molar-refractivity contribution in [2.45, 2.75) is 47.3 Å². The molecule has 170 valence electrons. The molecule has 0 fully saturated rings. The van der Waals surface area contributed by atoms with Gasteiger partial charge in [0, 0.05) is 12.2 Å². The molecule has 2 aromatic carbocycles. The third kappa shape index (κ3) is 4.24. The minimum Gasteiger partial charge on any atom is -0.324 e. The zero-order chi connectivity index (χ0) is 23.7. The highest BCUT2D eigenvalue weighted by Gasteiger charge is 2.22. The first-order valence-corrected chi connectivity index (χ1v) is 10.9. The summed E-state index contributed by atoms with van der Waals surface area (Å²) in [5.74, 6) is -0.347. The second kappa shape index (κ2) is 8.90. The Morgan fingerprint density at radius 3 is 2.39 bits per heavy atom. The van der Waals surface area contributed by atoms with Crippen molar-refractivity contribution in [3.05, 3.63) is 91.8 Å². The zero-order valence-electron chi connectivity index (χ0n) is 19.3. The largest absolute Gasteiger partial charge is 0.332 e. The van der Waals surface area contributed by atoms with Crippen molar-refractivity contribution in [3.8, 4) is 0 Å². The number of anilines is 1. The number of carbonyl (C=O) groups is 1. The Balaban J connectivity index is 1.83. The summed E-state index contributed by atoms with van der Waals surface area (Å²) < 4.78 is 4.12. The second-order valence-corrected chi connectivity index (χ2v) is 8.21. The monoisotopic (exact) mass is 445 g/mol. The molecule has 8 nitrogen and oxygen atoms in total. The third-order valence-electron chi connectivity index (χ3n) is 5.73. The standard InChI is InChI=1S/C25H27N5O3/c1-5-30-23-22(18(4)27-30)28(15-21(31)26-20-13-16(2)11-12-17(20)3)25(33)29(24(23)32)14-19-9-7-6-8-10-19/h6-13H,5,14-15H2,1-4H3,(H,26,31). The number of aromatic nitrogens is 4. The van der Waals surface area contributed by atoms with Gasteiger partial charge in [-0.05, 0) is 50.5 Å². The predicted molar refractivity (Wildman–Crippen MR) is 129 cm³/mol. The Labute approximate surface area is 191 Å². The van der Waals surface area contributed by atoms with Gasteiger partial charge in [0.15, 0.2) is 5.52 Å². The molecule has 0 radical (unpaired) electrons. The van der Waals surface area contributed by atoms with E-state index in [1.165, 1.54) is 9.13 Å². The molecule has 0 bridgehead atoms. The lowest BCUT2D eigenvalue weighted by Gasteiger charge is -2.14. The fraction of sp³-hybridized carbons (Fsp3) is 0.280. The summed E-state index contributed by atoms with van der Waals surface area (Å²) in [6.07, 6.45) is 0.